The second-order valence-electron chi connectivity index (χ2n) is 9.36. The SMILES string of the molecule is C[C@@H](Nc1ccc(Cl)nc1C(=O)O)c1cc(F)cc2c(=O)n(C)c(N3CCC4(CC3)CC4)nc12. The molecule has 2 fully saturated rings. The van der Waals surface area contributed by atoms with Crippen LogP contribution in [-0.2, 0) is 7.05 Å². The van der Waals surface area contributed by atoms with Crippen LogP contribution in [0.15, 0.2) is 29.1 Å². The molecule has 178 valence electrons. The van der Waals surface area contributed by atoms with Gasteiger partial charge in [0.05, 0.1) is 22.6 Å². The number of nitrogens with one attached hydrogen (secondary N) is 1. The highest BCUT2D eigenvalue weighted by Gasteiger charge is 2.44. The summed E-state index contributed by atoms with van der Waals surface area (Å²) in [4.78, 5) is 35.7. The van der Waals surface area contributed by atoms with Gasteiger partial charge in [0.1, 0.15) is 11.0 Å². The van der Waals surface area contributed by atoms with Crippen molar-refractivity contribution in [1.82, 2.24) is 14.5 Å². The molecule has 0 bridgehead atoms. The fourth-order valence-electron chi connectivity index (χ4n) is 4.85. The normalized spacial score (nSPS) is 17.7. The number of nitrogens with zero attached hydrogens (tertiary/aromatic N) is 4. The van der Waals surface area contributed by atoms with Crippen molar-refractivity contribution >= 4 is 40.1 Å². The summed E-state index contributed by atoms with van der Waals surface area (Å²) >= 11 is 5.85. The number of hydrogen-bond acceptors (Lipinski definition) is 6. The Morgan fingerprint density at radius 2 is 1.91 bits per heavy atom. The molecule has 1 atom stereocenters. The Bertz CT molecular complexity index is 1360. The second-order valence-corrected chi connectivity index (χ2v) is 9.74. The molecule has 34 heavy (non-hydrogen) atoms. The van der Waals surface area contributed by atoms with Crippen LogP contribution < -0.4 is 15.8 Å². The second kappa shape index (κ2) is 8.23. The molecule has 1 aromatic carbocycles. The summed E-state index contributed by atoms with van der Waals surface area (Å²) < 4.78 is 16.1. The number of piperidine rings is 1. The number of anilines is 2. The first-order valence-electron chi connectivity index (χ1n) is 11.3. The lowest BCUT2D eigenvalue weighted by Crippen LogP contribution is -2.38. The van der Waals surface area contributed by atoms with Crippen LogP contribution in [0.1, 0.15) is 54.7 Å². The van der Waals surface area contributed by atoms with Gasteiger partial charge in [-0.2, -0.15) is 0 Å². The summed E-state index contributed by atoms with van der Waals surface area (Å²) in [5, 5.41) is 12.8. The fraction of sp³-hybridized carbons (Fsp3) is 0.417. The molecule has 0 amide bonds. The predicted molar refractivity (Wildman–Crippen MR) is 128 cm³/mol. The van der Waals surface area contributed by atoms with E-state index in [2.05, 4.69) is 15.2 Å². The topological polar surface area (TPSA) is 100 Å². The zero-order valence-electron chi connectivity index (χ0n) is 18.9. The molecule has 1 saturated carbocycles. The first kappa shape index (κ1) is 22.6. The number of fused-ring (bicyclic) bond motifs is 1. The van der Waals surface area contributed by atoms with Gasteiger partial charge in [-0.15, -0.1) is 0 Å². The van der Waals surface area contributed by atoms with Gasteiger partial charge in [0.2, 0.25) is 5.95 Å². The summed E-state index contributed by atoms with van der Waals surface area (Å²) in [5.41, 5.74) is 0.997. The summed E-state index contributed by atoms with van der Waals surface area (Å²) in [6.45, 7) is 3.41. The molecular weight excluding hydrogens is 461 g/mol. The van der Waals surface area contributed by atoms with Gasteiger partial charge in [0, 0.05) is 25.7 Å². The van der Waals surface area contributed by atoms with Gasteiger partial charge < -0.3 is 15.3 Å². The number of benzene rings is 1. The average Bonchev–Trinajstić information content (AvgIpc) is 3.56. The van der Waals surface area contributed by atoms with Crippen molar-refractivity contribution in [2.24, 2.45) is 12.5 Å². The van der Waals surface area contributed by atoms with Crippen molar-refractivity contribution in [3.05, 3.63) is 56.8 Å². The third-order valence-electron chi connectivity index (χ3n) is 7.12. The summed E-state index contributed by atoms with van der Waals surface area (Å²) in [6, 6.07) is 4.95. The van der Waals surface area contributed by atoms with Crippen LogP contribution in [0, 0.1) is 11.2 Å². The highest BCUT2D eigenvalue weighted by Crippen LogP contribution is 2.53. The Labute approximate surface area is 200 Å². The van der Waals surface area contributed by atoms with Gasteiger partial charge in [-0.05, 0) is 62.3 Å². The number of halogens is 2. The Hall–Kier alpha value is -3.20. The quantitative estimate of drug-likeness (QED) is 0.517. The zero-order chi connectivity index (χ0) is 24.2. The number of carboxylic acid groups (broad SMARTS) is 1. The first-order valence-corrected chi connectivity index (χ1v) is 11.7. The lowest BCUT2D eigenvalue weighted by atomic mass is 9.94. The van der Waals surface area contributed by atoms with Crippen molar-refractivity contribution in [1.29, 1.82) is 0 Å². The Balaban J connectivity index is 1.56. The van der Waals surface area contributed by atoms with Crippen LogP contribution in [0.3, 0.4) is 0 Å². The van der Waals surface area contributed by atoms with Crippen LogP contribution in [-0.4, -0.2) is 38.7 Å². The molecule has 2 aliphatic rings. The van der Waals surface area contributed by atoms with Crippen molar-refractivity contribution in [2.75, 3.05) is 23.3 Å². The number of rotatable bonds is 5. The summed E-state index contributed by atoms with van der Waals surface area (Å²) in [6.07, 6.45) is 4.71. The van der Waals surface area contributed by atoms with Crippen LogP contribution >= 0.6 is 11.6 Å². The Morgan fingerprint density at radius 1 is 1.21 bits per heavy atom. The Kier molecular flexibility index (Phi) is 5.47. The summed E-state index contributed by atoms with van der Waals surface area (Å²) in [7, 11) is 1.66. The monoisotopic (exact) mass is 485 g/mol. The number of aromatic nitrogens is 3. The standard InChI is InChI=1S/C24H25ClFN5O3/c1-13(27-17-3-4-18(25)28-20(17)22(33)34)15-11-14(26)12-16-19(15)29-23(30(2)21(16)32)31-9-7-24(5-6-24)8-10-31/h3-4,11-13,27H,5-10H2,1-2H3,(H,33,34)/t13-/m1/s1. The molecule has 0 unspecified atom stereocenters. The van der Waals surface area contributed by atoms with E-state index >= 15 is 0 Å². The number of aromatic carboxylic acids is 1. The highest BCUT2D eigenvalue weighted by molar-refractivity contribution is 6.29. The number of carboxylic acids is 1. The first-order chi connectivity index (χ1) is 16.2. The van der Waals surface area contributed by atoms with E-state index in [1.165, 1.54) is 41.7 Å². The van der Waals surface area contributed by atoms with Crippen molar-refractivity contribution in [3.8, 4) is 0 Å². The maximum atomic E-state index is 14.6. The average molecular weight is 486 g/mol. The molecule has 8 nitrogen and oxygen atoms in total. The lowest BCUT2D eigenvalue weighted by molar-refractivity contribution is 0.0691. The molecule has 3 heterocycles. The molecule has 0 radical (unpaired) electrons. The van der Waals surface area contributed by atoms with Gasteiger partial charge in [-0.1, -0.05) is 11.6 Å². The van der Waals surface area contributed by atoms with Gasteiger partial charge >= 0.3 is 5.97 Å². The van der Waals surface area contributed by atoms with Crippen LogP contribution in [0.5, 0.6) is 0 Å². The molecule has 1 saturated heterocycles. The minimum atomic E-state index is -1.24. The zero-order valence-corrected chi connectivity index (χ0v) is 19.7. The van der Waals surface area contributed by atoms with E-state index in [0.29, 0.717) is 22.4 Å². The molecule has 2 aromatic heterocycles. The van der Waals surface area contributed by atoms with Gasteiger partial charge in [-0.25, -0.2) is 19.2 Å². The molecule has 3 aromatic rings. The van der Waals surface area contributed by atoms with E-state index in [4.69, 9.17) is 16.6 Å². The largest absolute Gasteiger partial charge is 0.476 e. The smallest absolute Gasteiger partial charge is 0.356 e. The van der Waals surface area contributed by atoms with Crippen LogP contribution in [0.25, 0.3) is 10.9 Å². The predicted octanol–water partition coefficient (Wildman–Crippen LogP) is 4.37. The van der Waals surface area contributed by atoms with Crippen LogP contribution in [0.4, 0.5) is 16.0 Å². The molecule has 1 spiro atoms. The van der Waals surface area contributed by atoms with Gasteiger partial charge in [-0.3, -0.25) is 9.36 Å². The van der Waals surface area contributed by atoms with Crippen molar-refractivity contribution in [3.63, 3.8) is 0 Å². The van der Waals surface area contributed by atoms with Crippen molar-refractivity contribution in [2.45, 2.75) is 38.6 Å². The van der Waals surface area contributed by atoms with E-state index in [0.717, 1.165) is 25.9 Å². The maximum absolute atomic E-state index is 14.6. The molecule has 10 heteroatoms. The number of pyridine rings is 1. The molecule has 1 aliphatic heterocycles. The van der Waals surface area contributed by atoms with Crippen molar-refractivity contribution < 1.29 is 14.3 Å². The van der Waals surface area contributed by atoms with E-state index in [1.807, 2.05) is 0 Å². The third-order valence-corrected chi connectivity index (χ3v) is 7.33. The van der Waals surface area contributed by atoms with Crippen LogP contribution in [0.2, 0.25) is 5.15 Å². The Morgan fingerprint density at radius 3 is 2.56 bits per heavy atom. The third kappa shape index (κ3) is 3.98. The van der Waals surface area contributed by atoms with E-state index < -0.39 is 17.8 Å². The molecular formula is C24H25ClFN5O3. The minimum Gasteiger partial charge on any atom is -0.476 e. The number of hydrogen-bond donors (Lipinski definition) is 2. The highest BCUT2D eigenvalue weighted by atomic mass is 35.5. The van der Waals surface area contributed by atoms with E-state index in [-0.39, 0.29) is 27.5 Å². The van der Waals surface area contributed by atoms with Gasteiger partial charge in [0.15, 0.2) is 5.69 Å². The number of carbonyl (C=O) groups is 1. The lowest BCUT2D eigenvalue weighted by Gasteiger charge is -2.33. The molecule has 5 rings (SSSR count). The summed E-state index contributed by atoms with van der Waals surface area (Å²) in [5.74, 6) is -1.24. The molecule has 1 aliphatic carbocycles. The van der Waals surface area contributed by atoms with E-state index in [9.17, 15) is 19.1 Å². The minimum absolute atomic E-state index is 0.0520. The maximum Gasteiger partial charge on any atom is 0.356 e. The van der Waals surface area contributed by atoms with E-state index in [1.54, 1.807) is 14.0 Å². The van der Waals surface area contributed by atoms with Gasteiger partial charge in [0.25, 0.3) is 5.56 Å². The fourth-order valence-corrected chi connectivity index (χ4v) is 5.00. The molecule has 2 N–H and O–H groups in total.